The summed E-state index contributed by atoms with van der Waals surface area (Å²) in [5.74, 6) is -2.62. The molecule has 3 aromatic heterocycles. The first-order valence-corrected chi connectivity index (χ1v) is 10.6. The Morgan fingerprint density at radius 3 is 2.62 bits per heavy atom. The maximum atomic E-state index is 13.4. The number of nitrogens with one attached hydrogen (secondary N) is 2. The van der Waals surface area contributed by atoms with Crippen LogP contribution in [-0.4, -0.2) is 31.3 Å². The molecule has 13 heteroatoms. The number of benzene rings is 1. The summed E-state index contributed by atoms with van der Waals surface area (Å²) in [6.07, 6.45) is -0.616. The number of alkyl halides is 3. The Hall–Kier alpha value is -3.87. The van der Waals surface area contributed by atoms with Crippen molar-refractivity contribution >= 4 is 39.9 Å². The highest BCUT2D eigenvalue weighted by molar-refractivity contribution is 7.13. The standard InChI is InChI=1S/C21H16F4N6O2S/c1-10(29-19(33)16-12-5-6-31(2)17(12)28-9-27-16)20-26-8-15(34-20)18(32)30-11-3-4-14(22)13(7-11)21(23,24)25/h3-10H,1-2H3,(H,29,33)(H,30,32). The van der Waals surface area contributed by atoms with Crippen LogP contribution < -0.4 is 10.6 Å². The van der Waals surface area contributed by atoms with Gasteiger partial charge >= 0.3 is 6.18 Å². The fraction of sp³-hybridized carbons (Fsp3) is 0.190. The van der Waals surface area contributed by atoms with E-state index in [1.54, 1.807) is 30.8 Å². The summed E-state index contributed by atoms with van der Waals surface area (Å²) < 4.78 is 53.9. The molecular weight excluding hydrogens is 476 g/mol. The Morgan fingerprint density at radius 2 is 1.88 bits per heavy atom. The van der Waals surface area contributed by atoms with E-state index in [1.807, 2.05) is 0 Å². The number of hydrogen-bond donors (Lipinski definition) is 2. The molecule has 8 nitrogen and oxygen atoms in total. The third kappa shape index (κ3) is 4.59. The van der Waals surface area contributed by atoms with E-state index in [-0.39, 0.29) is 16.3 Å². The SMILES string of the molecule is CC(NC(=O)c1ncnc2c1ccn2C)c1ncc(C(=O)Nc2ccc(F)c(C(F)(F)F)c2)s1. The fourth-order valence-corrected chi connectivity index (χ4v) is 4.01. The predicted octanol–water partition coefficient (Wildman–Crippen LogP) is 4.33. The smallest absolute Gasteiger partial charge is 0.342 e. The van der Waals surface area contributed by atoms with Crippen molar-refractivity contribution in [2.45, 2.75) is 19.1 Å². The summed E-state index contributed by atoms with van der Waals surface area (Å²) in [6.45, 7) is 1.66. The number of anilines is 1. The Labute approximate surface area is 193 Å². The lowest BCUT2D eigenvalue weighted by atomic mass is 10.2. The van der Waals surface area contributed by atoms with Crippen molar-refractivity contribution in [3.05, 3.63) is 69.9 Å². The number of aryl methyl sites for hydroxylation is 1. The summed E-state index contributed by atoms with van der Waals surface area (Å²) in [4.78, 5) is 37.6. The van der Waals surface area contributed by atoms with Gasteiger partial charge in [0.05, 0.1) is 23.2 Å². The quantitative estimate of drug-likeness (QED) is 0.404. The van der Waals surface area contributed by atoms with Gasteiger partial charge in [-0.1, -0.05) is 0 Å². The number of fused-ring (bicyclic) bond motifs is 1. The van der Waals surface area contributed by atoms with Crippen molar-refractivity contribution in [1.82, 2.24) is 24.8 Å². The van der Waals surface area contributed by atoms with Crippen LogP contribution in [0.3, 0.4) is 0 Å². The van der Waals surface area contributed by atoms with Crippen LogP contribution in [0.5, 0.6) is 0 Å². The summed E-state index contributed by atoms with van der Waals surface area (Å²) in [7, 11) is 1.79. The van der Waals surface area contributed by atoms with E-state index in [1.165, 1.54) is 12.5 Å². The van der Waals surface area contributed by atoms with Crippen LogP contribution in [-0.2, 0) is 13.2 Å². The van der Waals surface area contributed by atoms with Gasteiger partial charge in [-0.2, -0.15) is 13.2 Å². The molecule has 0 bridgehead atoms. The molecule has 0 aliphatic heterocycles. The highest BCUT2D eigenvalue weighted by Gasteiger charge is 2.34. The lowest BCUT2D eigenvalue weighted by molar-refractivity contribution is -0.139. The van der Waals surface area contributed by atoms with E-state index in [0.717, 1.165) is 17.4 Å². The largest absolute Gasteiger partial charge is 0.419 e. The van der Waals surface area contributed by atoms with E-state index in [2.05, 4.69) is 25.6 Å². The van der Waals surface area contributed by atoms with Gasteiger partial charge in [0.2, 0.25) is 0 Å². The minimum Gasteiger partial charge on any atom is -0.342 e. The molecule has 1 unspecified atom stereocenters. The molecule has 2 amide bonds. The molecule has 3 heterocycles. The second-order valence-electron chi connectivity index (χ2n) is 7.29. The number of thiazole rings is 1. The molecule has 2 N–H and O–H groups in total. The average Bonchev–Trinajstić information content (AvgIpc) is 3.42. The van der Waals surface area contributed by atoms with Gasteiger partial charge in [0.15, 0.2) is 0 Å². The van der Waals surface area contributed by atoms with Crippen molar-refractivity contribution in [3.63, 3.8) is 0 Å². The second-order valence-corrected chi connectivity index (χ2v) is 8.35. The monoisotopic (exact) mass is 492 g/mol. The first kappa shape index (κ1) is 23.3. The lowest BCUT2D eigenvalue weighted by Gasteiger charge is -2.11. The highest BCUT2D eigenvalue weighted by atomic mass is 32.1. The molecule has 4 rings (SSSR count). The van der Waals surface area contributed by atoms with Crippen molar-refractivity contribution in [2.24, 2.45) is 7.05 Å². The third-order valence-corrected chi connectivity index (χ3v) is 6.05. The van der Waals surface area contributed by atoms with Gasteiger partial charge in [-0.25, -0.2) is 19.3 Å². The maximum Gasteiger partial charge on any atom is 0.419 e. The van der Waals surface area contributed by atoms with E-state index in [0.29, 0.717) is 28.2 Å². The number of rotatable bonds is 5. The van der Waals surface area contributed by atoms with Crippen molar-refractivity contribution in [2.75, 3.05) is 5.32 Å². The lowest BCUT2D eigenvalue weighted by Crippen LogP contribution is -2.27. The normalized spacial score (nSPS) is 12.5. The van der Waals surface area contributed by atoms with Gasteiger partial charge in [-0.15, -0.1) is 11.3 Å². The van der Waals surface area contributed by atoms with Gasteiger partial charge in [-0.3, -0.25) is 9.59 Å². The summed E-state index contributed by atoms with van der Waals surface area (Å²) in [6, 6.07) is 3.31. The Kier molecular flexibility index (Phi) is 6.04. The molecule has 0 aliphatic rings. The Bertz CT molecular complexity index is 1400. The van der Waals surface area contributed by atoms with Crippen LogP contribution in [0.4, 0.5) is 23.2 Å². The summed E-state index contributed by atoms with van der Waals surface area (Å²) in [5, 5.41) is 6.03. The van der Waals surface area contributed by atoms with Gasteiger partial charge in [-0.05, 0) is 31.2 Å². The molecule has 1 aromatic carbocycles. The first-order valence-electron chi connectivity index (χ1n) is 9.75. The average molecular weight is 492 g/mol. The molecule has 4 aromatic rings. The minimum atomic E-state index is -4.90. The molecular formula is C21H16F4N6O2S. The Balaban J connectivity index is 1.46. The fourth-order valence-electron chi connectivity index (χ4n) is 3.19. The van der Waals surface area contributed by atoms with E-state index >= 15 is 0 Å². The van der Waals surface area contributed by atoms with Gasteiger partial charge in [0, 0.05) is 18.9 Å². The van der Waals surface area contributed by atoms with Gasteiger partial charge in [0.25, 0.3) is 11.8 Å². The van der Waals surface area contributed by atoms with Crippen molar-refractivity contribution in [3.8, 4) is 0 Å². The zero-order chi connectivity index (χ0) is 24.6. The van der Waals surface area contributed by atoms with Crippen LogP contribution in [0.25, 0.3) is 11.0 Å². The Morgan fingerprint density at radius 1 is 1.12 bits per heavy atom. The van der Waals surface area contributed by atoms with Crippen LogP contribution in [0.2, 0.25) is 0 Å². The number of amides is 2. The van der Waals surface area contributed by atoms with Crippen LogP contribution in [0.15, 0.2) is 43.0 Å². The second kappa shape index (κ2) is 8.82. The van der Waals surface area contributed by atoms with Crippen LogP contribution in [0, 0.1) is 5.82 Å². The molecule has 1 atom stereocenters. The molecule has 0 saturated heterocycles. The van der Waals surface area contributed by atoms with Crippen molar-refractivity contribution in [1.29, 1.82) is 0 Å². The number of hydrogen-bond acceptors (Lipinski definition) is 6. The van der Waals surface area contributed by atoms with E-state index in [4.69, 9.17) is 0 Å². The number of halogens is 4. The number of carbonyl (C=O) groups is 2. The van der Waals surface area contributed by atoms with Crippen LogP contribution in [0.1, 0.15) is 43.7 Å². The first-order chi connectivity index (χ1) is 16.0. The minimum absolute atomic E-state index is 0.0986. The number of carbonyl (C=O) groups excluding carboxylic acids is 2. The van der Waals surface area contributed by atoms with Gasteiger partial charge < -0.3 is 15.2 Å². The zero-order valence-corrected chi connectivity index (χ0v) is 18.5. The topological polar surface area (TPSA) is 102 Å². The third-order valence-electron chi connectivity index (χ3n) is 4.87. The maximum absolute atomic E-state index is 13.4. The van der Waals surface area contributed by atoms with Crippen LogP contribution >= 0.6 is 11.3 Å². The predicted molar refractivity (Wildman–Crippen MR) is 116 cm³/mol. The van der Waals surface area contributed by atoms with Crippen molar-refractivity contribution < 1.29 is 27.2 Å². The highest BCUT2D eigenvalue weighted by Crippen LogP contribution is 2.33. The van der Waals surface area contributed by atoms with E-state index in [9.17, 15) is 27.2 Å². The summed E-state index contributed by atoms with van der Waals surface area (Å²) >= 11 is 0.955. The molecule has 0 aliphatic carbocycles. The zero-order valence-electron chi connectivity index (χ0n) is 17.6. The number of aromatic nitrogens is 4. The van der Waals surface area contributed by atoms with E-state index < -0.39 is 35.4 Å². The molecule has 176 valence electrons. The molecule has 0 spiro atoms. The molecule has 0 fully saturated rings. The molecule has 34 heavy (non-hydrogen) atoms. The van der Waals surface area contributed by atoms with Gasteiger partial charge in [0.1, 0.15) is 33.4 Å². The number of nitrogens with zero attached hydrogens (tertiary/aromatic N) is 4. The molecule has 0 saturated carbocycles. The molecule has 0 radical (unpaired) electrons. The summed E-state index contributed by atoms with van der Waals surface area (Å²) in [5.41, 5.74) is -0.922.